The fraction of sp³-hybridized carbons (Fsp3) is 0.231. The van der Waals surface area contributed by atoms with E-state index >= 15 is 0 Å². The summed E-state index contributed by atoms with van der Waals surface area (Å²) >= 11 is 3.51. The molecule has 0 fully saturated rings. The minimum Gasteiger partial charge on any atom is -0.286 e. The highest BCUT2D eigenvalue weighted by molar-refractivity contribution is 9.10. The SMILES string of the molecule is Cc1ccc(C)n1-c1nc2ccc(Br)c(C)n2n1. The molecule has 0 saturated heterocycles. The molecule has 18 heavy (non-hydrogen) atoms. The summed E-state index contributed by atoms with van der Waals surface area (Å²) in [6.07, 6.45) is 0. The molecular weight excluding hydrogens is 292 g/mol. The first-order chi connectivity index (χ1) is 8.58. The minimum absolute atomic E-state index is 0.719. The van der Waals surface area contributed by atoms with Crippen molar-refractivity contribution in [3.05, 3.63) is 45.8 Å². The molecule has 0 aliphatic rings. The summed E-state index contributed by atoms with van der Waals surface area (Å²) < 4.78 is 4.95. The normalized spacial score (nSPS) is 11.3. The quantitative estimate of drug-likeness (QED) is 0.692. The van der Waals surface area contributed by atoms with Gasteiger partial charge in [0.2, 0.25) is 0 Å². The Bertz CT molecular complexity index is 719. The zero-order chi connectivity index (χ0) is 12.9. The van der Waals surface area contributed by atoms with E-state index < -0.39 is 0 Å². The monoisotopic (exact) mass is 304 g/mol. The van der Waals surface area contributed by atoms with Crippen molar-refractivity contribution >= 4 is 21.6 Å². The maximum Gasteiger partial charge on any atom is 0.254 e. The van der Waals surface area contributed by atoms with Crippen LogP contribution in [0.1, 0.15) is 17.1 Å². The van der Waals surface area contributed by atoms with Crippen molar-refractivity contribution in [3.8, 4) is 5.95 Å². The van der Waals surface area contributed by atoms with Crippen LogP contribution in [0.3, 0.4) is 0 Å². The molecule has 0 saturated carbocycles. The first-order valence-electron chi connectivity index (χ1n) is 5.75. The van der Waals surface area contributed by atoms with E-state index in [1.165, 1.54) is 0 Å². The maximum absolute atomic E-state index is 4.58. The Balaban J connectivity index is 2.29. The predicted octanol–water partition coefficient (Wildman–Crippen LogP) is 3.21. The number of halogens is 1. The van der Waals surface area contributed by atoms with Gasteiger partial charge in [-0.3, -0.25) is 4.57 Å². The van der Waals surface area contributed by atoms with E-state index in [9.17, 15) is 0 Å². The van der Waals surface area contributed by atoms with E-state index in [0.29, 0.717) is 0 Å². The van der Waals surface area contributed by atoms with Crippen molar-refractivity contribution in [1.82, 2.24) is 19.2 Å². The van der Waals surface area contributed by atoms with Crippen molar-refractivity contribution in [2.45, 2.75) is 20.8 Å². The summed E-state index contributed by atoms with van der Waals surface area (Å²) in [5, 5.41) is 4.58. The zero-order valence-corrected chi connectivity index (χ0v) is 12.1. The predicted molar refractivity (Wildman–Crippen MR) is 74.2 cm³/mol. The molecule has 3 aromatic rings. The average molecular weight is 305 g/mol. The van der Waals surface area contributed by atoms with E-state index in [1.807, 2.05) is 23.6 Å². The standard InChI is InChI=1S/C13H13BrN4/c1-8-4-5-9(2)17(8)13-15-12-7-6-11(14)10(3)18(12)16-13/h4-7H,1-3H3. The van der Waals surface area contributed by atoms with Crippen LogP contribution in [0.15, 0.2) is 28.7 Å². The molecule has 0 N–H and O–H groups in total. The van der Waals surface area contributed by atoms with Gasteiger partial charge in [-0.25, -0.2) is 4.52 Å². The van der Waals surface area contributed by atoms with Gasteiger partial charge >= 0.3 is 0 Å². The number of rotatable bonds is 1. The molecule has 3 aromatic heterocycles. The lowest BCUT2D eigenvalue weighted by atomic mass is 10.4. The summed E-state index contributed by atoms with van der Waals surface area (Å²) in [7, 11) is 0. The van der Waals surface area contributed by atoms with Gasteiger partial charge < -0.3 is 0 Å². The van der Waals surface area contributed by atoms with Crippen LogP contribution < -0.4 is 0 Å². The third kappa shape index (κ3) is 1.58. The van der Waals surface area contributed by atoms with E-state index in [4.69, 9.17) is 0 Å². The van der Waals surface area contributed by atoms with Crippen LogP contribution in [0, 0.1) is 20.8 Å². The Morgan fingerprint density at radius 2 is 1.67 bits per heavy atom. The second-order valence-corrected chi connectivity index (χ2v) is 5.25. The molecule has 0 amide bonds. The number of aromatic nitrogens is 4. The van der Waals surface area contributed by atoms with Crippen LogP contribution in [0.4, 0.5) is 0 Å². The largest absolute Gasteiger partial charge is 0.286 e. The molecule has 0 bridgehead atoms. The van der Waals surface area contributed by atoms with Crippen molar-refractivity contribution in [2.75, 3.05) is 0 Å². The van der Waals surface area contributed by atoms with Gasteiger partial charge in [0.25, 0.3) is 5.95 Å². The molecule has 3 heterocycles. The van der Waals surface area contributed by atoms with Crippen molar-refractivity contribution in [2.24, 2.45) is 0 Å². The van der Waals surface area contributed by atoms with Crippen LogP contribution in [0.2, 0.25) is 0 Å². The summed E-state index contributed by atoms with van der Waals surface area (Å²) in [5.74, 6) is 0.719. The Labute approximate surface area is 113 Å². The highest BCUT2D eigenvalue weighted by Crippen LogP contribution is 2.19. The molecule has 0 aliphatic carbocycles. The summed E-state index contributed by atoms with van der Waals surface area (Å²) in [6, 6.07) is 8.11. The van der Waals surface area contributed by atoms with Crippen molar-refractivity contribution in [3.63, 3.8) is 0 Å². The molecule has 0 radical (unpaired) electrons. The van der Waals surface area contributed by atoms with Gasteiger partial charge in [0.05, 0.1) is 5.69 Å². The maximum atomic E-state index is 4.58. The molecule has 0 spiro atoms. The van der Waals surface area contributed by atoms with E-state index in [0.717, 1.165) is 33.2 Å². The lowest BCUT2D eigenvalue weighted by molar-refractivity contribution is 0.834. The number of hydrogen-bond acceptors (Lipinski definition) is 2. The van der Waals surface area contributed by atoms with Crippen LogP contribution >= 0.6 is 15.9 Å². The highest BCUT2D eigenvalue weighted by atomic mass is 79.9. The van der Waals surface area contributed by atoms with Gasteiger partial charge in [0, 0.05) is 15.9 Å². The minimum atomic E-state index is 0.719. The Morgan fingerprint density at radius 1 is 1.00 bits per heavy atom. The molecule has 92 valence electrons. The lowest BCUT2D eigenvalue weighted by Crippen LogP contribution is -2.02. The van der Waals surface area contributed by atoms with Gasteiger partial charge in [-0.2, -0.15) is 4.98 Å². The number of aryl methyl sites for hydroxylation is 3. The number of pyridine rings is 1. The fourth-order valence-electron chi connectivity index (χ4n) is 2.12. The van der Waals surface area contributed by atoms with Gasteiger partial charge in [-0.15, -0.1) is 5.10 Å². The Kier molecular flexibility index (Phi) is 2.52. The molecule has 4 nitrogen and oxygen atoms in total. The summed E-state index contributed by atoms with van der Waals surface area (Å²) in [5.41, 5.74) is 4.19. The number of hydrogen-bond donors (Lipinski definition) is 0. The van der Waals surface area contributed by atoms with Crippen LogP contribution in [0.25, 0.3) is 11.6 Å². The average Bonchev–Trinajstić information content (AvgIpc) is 2.88. The summed E-state index contributed by atoms with van der Waals surface area (Å²) in [6.45, 7) is 6.13. The molecule has 0 aliphatic heterocycles. The van der Waals surface area contributed by atoms with Crippen LogP contribution in [-0.4, -0.2) is 19.2 Å². The molecule has 5 heteroatoms. The fourth-order valence-corrected chi connectivity index (χ4v) is 2.42. The van der Waals surface area contributed by atoms with Gasteiger partial charge in [-0.05, 0) is 61.0 Å². The van der Waals surface area contributed by atoms with Gasteiger partial charge in [-0.1, -0.05) is 0 Å². The third-order valence-corrected chi connectivity index (χ3v) is 3.97. The molecule has 3 rings (SSSR count). The topological polar surface area (TPSA) is 35.1 Å². The van der Waals surface area contributed by atoms with Crippen molar-refractivity contribution in [1.29, 1.82) is 0 Å². The van der Waals surface area contributed by atoms with Crippen molar-refractivity contribution < 1.29 is 0 Å². The molecule has 0 atom stereocenters. The zero-order valence-electron chi connectivity index (χ0n) is 10.5. The second kappa shape index (κ2) is 3.95. The second-order valence-electron chi connectivity index (χ2n) is 4.40. The van der Waals surface area contributed by atoms with Gasteiger partial charge in [0.15, 0.2) is 5.65 Å². The first-order valence-corrected chi connectivity index (χ1v) is 6.54. The van der Waals surface area contributed by atoms with Crippen LogP contribution in [0.5, 0.6) is 0 Å². The summed E-state index contributed by atoms with van der Waals surface area (Å²) in [4.78, 5) is 4.57. The molecule has 0 unspecified atom stereocenters. The number of nitrogens with zero attached hydrogens (tertiary/aromatic N) is 4. The molecular formula is C13H13BrN4. The van der Waals surface area contributed by atoms with E-state index in [1.54, 1.807) is 0 Å². The first kappa shape index (κ1) is 11.5. The van der Waals surface area contributed by atoms with Gasteiger partial charge in [0.1, 0.15) is 0 Å². The van der Waals surface area contributed by atoms with E-state index in [-0.39, 0.29) is 0 Å². The lowest BCUT2D eigenvalue weighted by Gasteiger charge is -2.02. The molecule has 0 aromatic carbocycles. The smallest absolute Gasteiger partial charge is 0.254 e. The highest BCUT2D eigenvalue weighted by Gasteiger charge is 2.11. The Morgan fingerprint density at radius 3 is 2.33 bits per heavy atom. The van der Waals surface area contributed by atoms with E-state index in [2.05, 4.69) is 56.6 Å². The Hall–Kier alpha value is -1.62. The number of fused-ring (bicyclic) bond motifs is 1. The van der Waals surface area contributed by atoms with Crippen LogP contribution in [-0.2, 0) is 0 Å². The third-order valence-electron chi connectivity index (χ3n) is 3.13.